The molecule has 0 aromatic carbocycles. The van der Waals surface area contributed by atoms with Gasteiger partial charge in [0.2, 0.25) is 0 Å². The lowest BCUT2D eigenvalue weighted by atomic mass is 10.6. The molecule has 0 fully saturated rings. The molecule has 0 spiro atoms. The normalized spacial score (nSPS) is 12.6. The summed E-state index contributed by atoms with van der Waals surface area (Å²) >= 11 is 0. The molecule has 0 saturated heterocycles. The molecule has 1 aromatic heterocycles. The number of hydrogen-bond donors (Lipinski definition) is 2. The van der Waals surface area contributed by atoms with E-state index < -0.39 is 36.1 Å². The number of aryl methyl sites for hydroxylation is 1. The van der Waals surface area contributed by atoms with E-state index in [2.05, 4.69) is 4.98 Å². The Morgan fingerprint density at radius 2 is 2.22 bits per heavy atom. The van der Waals surface area contributed by atoms with Gasteiger partial charge in [-0.15, -0.1) is 0 Å². The van der Waals surface area contributed by atoms with Gasteiger partial charge in [0.25, 0.3) is 16.4 Å². The summed E-state index contributed by atoms with van der Waals surface area (Å²) in [7, 11) is -2.82. The van der Waals surface area contributed by atoms with Crippen LogP contribution in [0, 0.1) is 0 Å². The first-order chi connectivity index (χ1) is 8.30. The average Bonchev–Trinajstić information content (AvgIpc) is 2.57. The summed E-state index contributed by atoms with van der Waals surface area (Å²) in [6.45, 7) is -2.01. The lowest BCUT2D eigenvalue weighted by molar-refractivity contribution is 0.113. The van der Waals surface area contributed by atoms with Crippen LogP contribution in [0.4, 0.5) is 14.6 Å². The average molecular weight is 284 g/mol. The van der Waals surface area contributed by atoms with E-state index >= 15 is 0 Å². The Labute approximate surface area is 103 Å². The van der Waals surface area contributed by atoms with Gasteiger partial charge in [0, 0.05) is 13.6 Å². The highest BCUT2D eigenvalue weighted by Gasteiger charge is 2.31. The van der Waals surface area contributed by atoms with Crippen LogP contribution in [0.1, 0.15) is 0 Å². The van der Waals surface area contributed by atoms with E-state index in [0.29, 0.717) is 4.31 Å². The predicted molar refractivity (Wildman–Crippen MR) is 59.5 cm³/mol. The van der Waals surface area contributed by atoms with Crippen molar-refractivity contribution in [2.24, 2.45) is 7.05 Å². The number of aromatic nitrogens is 2. The number of nitrogens with zero attached hydrogens (tertiary/aromatic N) is 3. The molecule has 0 aliphatic rings. The fourth-order valence-electron chi connectivity index (χ4n) is 1.45. The number of anilines is 1. The molecular weight excluding hydrogens is 270 g/mol. The Balaban J connectivity index is 3.17. The molecule has 0 unspecified atom stereocenters. The van der Waals surface area contributed by atoms with Crippen molar-refractivity contribution in [3.05, 3.63) is 6.33 Å². The molecule has 3 N–H and O–H groups in total. The molecule has 7 nitrogen and oxygen atoms in total. The molecule has 1 heterocycles. The van der Waals surface area contributed by atoms with Gasteiger partial charge in [-0.25, -0.2) is 22.2 Å². The maximum Gasteiger partial charge on any atom is 0.262 e. The molecule has 104 valence electrons. The zero-order valence-corrected chi connectivity index (χ0v) is 10.4. The number of nitrogens with two attached hydrogens (primary N) is 1. The van der Waals surface area contributed by atoms with Crippen molar-refractivity contribution in [1.29, 1.82) is 0 Å². The fourth-order valence-corrected chi connectivity index (χ4v) is 3.05. The summed E-state index contributed by atoms with van der Waals surface area (Å²) in [6, 6.07) is 0. The van der Waals surface area contributed by atoms with Gasteiger partial charge in [-0.1, -0.05) is 0 Å². The maximum atomic E-state index is 12.3. The monoisotopic (exact) mass is 284 g/mol. The van der Waals surface area contributed by atoms with Crippen molar-refractivity contribution >= 4 is 15.8 Å². The minimum absolute atomic E-state index is 0.269. The number of aliphatic hydroxyl groups excluding tert-OH is 1. The van der Waals surface area contributed by atoms with Gasteiger partial charge in [-0.3, -0.25) is 0 Å². The quantitative estimate of drug-likeness (QED) is 0.715. The number of hydrogen-bond acceptors (Lipinski definition) is 5. The van der Waals surface area contributed by atoms with Crippen LogP contribution in [0.3, 0.4) is 0 Å². The van der Waals surface area contributed by atoms with E-state index in [4.69, 9.17) is 10.8 Å². The summed E-state index contributed by atoms with van der Waals surface area (Å²) in [5, 5.41) is 8.38. The second kappa shape index (κ2) is 5.59. The second-order valence-electron chi connectivity index (χ2n) is 3.52. The van der Waals surface area contributed by atoms with Gasteiger partial charge >= 0.3 is 0 Å². The van der Waals surface area contributed by atoms with E-state index in [0.717, 1.165) is 4.57 Å². The lowest BCUT2D eigenvalue weighted by Gasteiger charge is -2.20. The van der Waals surface area contributed by atoms with Gasteiger partial charge < -0.3 is 15.4 Å². The Morgan fingerprint density at radius 3 is 2.61 bits per heavy atom. The van der Waals surface area contributed by atoms with Crippen molar-refractivity contribution < 1.29 is 22.3 Å². The first-order valence-electron chi connectivity index (χ1n) is 4.96. The van der Waals surface area contributed by atoms with Gasteiger partial charge in [0.1, 0.15) is 0 Å². The van der Waals surface area contributed by atoms with Crippen LogP contribution in [0.25, 0.3) is 0 Å². The van der Waals surface area contributed by atoms with Crippen molar-refractivity contribution in [2.45, 2.75) is 11.5 Å². The van der Waals surface area contributed by atoms with Crippen LogP contribution in [-0.4, -0.2) is 53.5 Å². The molecule has 0 radical (unpaired) electrons. The summed E-state index contributed by atoms with van der Waals surface area (Å²) in [6.07, 6.45) is -1.68. The van der Waals surface area contributed by atoms with E-state index in [1.165, 1.54) is 13.4 Å². The zero-order chi connectivity index (χ0) is 13.9. The number of imidazole rings is 1. The van der Waals surface area contributed by atoms with Crippen molar-refractivity contribution in [3.63, 3.8) is 0 Å². The molecule has 0 amide bonds. The molecule has 0 bridgehead atoms. The van der Waals surface area contributed by atoms with Crippen molar-refractivity contribution in [2.75, 3.05) is 25.4 Å². The first kappa shape index (κ1) is 14.8. The number of rotatable bonds is 6. The Kier molecular flexibility index (Phi) is 4.59. The van der Waals surface area contributed by atoms with Crippen LogP contribution in [-0.2, 0) is 17.1 Å². The van der Waals surface area contributed by atoms with Crippen LogP contribution < -0.4 is 5.73 Å². The standard InChI is InChI=1S/C8H14F2N4O3S/c1-13-5-12-7(11)8(13)18(16,17)14(2-3-15)4-6(9)10/h5-6,15H,2-4,11H2,1H3. The minimum Gasteiger partial charge on any atom is -0.395 e. The van der Waals surface area contributed by atoms with Gasteiger partial charge in [0.05, 0.1) is 19.5 Å². The number of sulfonamides is 1. The molecule has 18 heavy (non-hydrogen) atoms. The molecule has 1 aromatic rings. The van der Waals surface area contributed by atoms with Gasteiger partial charge in [0.15, 0.2) is 10.8 Å². The Hall–Kier alpha value is -1.26. The number of halogens is 2. The third-order valence-electron chi connectivity index (χ3n) is 2.18. The molecule has 0 aliphatic heterocycles. The van der Waals surface area contributed by atoms with Crippen molar-refractivity contribution in [1.82, 2.24) is 13.9 Å². The van der Waals surface area contributed by atoms with Gasteiger partial charge in [-0.05, 0) is 0 Å². The van der Waals surface area contributed by atoms with Crippen molar-refractivity contribution in [3.8, 4) is 0 Å². The molecular formula is C8H14F2N4O3S. The summed E-state index contributed by atoms with van der Waals surface area (Å²) in [4.78, 5) is 3.59. The van der Waals surface area contributed by atoms with E-state index in [1.54, 1.807) is 0 Å². The third kappa shape index (κ3) is 2.94. The Bertz CT molecular complexity index is 483. The van der Waals surface area contributed by atoms with Gasteiger partial charge in [-0.2, -0.15) is 4.31 Å². The molecule has 0 aliphatic carbocycles. The smallest absolute Gasteiger partial charge is 0.262 e. The minimum atomic E-state index is -4.21. The number of aliphatic hydroxyl groups is 1. The topological polar surface area (TPSA) is 101 Å². The summed E-state index contributed by atoms with van der Waals surface area (Å²) in [5.41, 5.74) is 5.40. The van der Waals surface area contributed by atoms with E-state index in [-0.39, 0.29) is 10.8 Å². The largest absolute Gasteiger partial charge is 0.395 e. The maximum absolute atomic E-state index is 12.3. The zero-order valence-electron chi connectivity index (χ0n) is 9.62. The third-order valence-corrected chi connectivity index (χ3v) is 4.18. The van der Waals surface area contributed by atoms with Crippen LogP contribution in [0.15, 0.2) is 11.4 Å². The molecule has 10 heteroatoms. The Morgan fingerprint density at radius 1 is 1.61 bits per heavy atom. The predicted octanol–water partition coefficient (Wildman–Crippen LogP) is -0.750. The highest BCUT2D eigenvalue weighted by atomic mass is 32.2. The second-order valence-corrected chi connectivity index (χ2v) is 5.38. The summed E-state index contributed by atoms with van der Waals surface area (Å²) in [5.74, 6) is -0.269. The number of alkyl halides is 2. The van der Waals surface area contributed by atoms with Crippen LogP contribution in [0.2, 0.25) is 0 Å². The first-order valence-corrected chi connectivity index (χ1v) is 6.40. The van der Waals surface area contributed by atoms with E-state index in [1.807, 2.05) is 0 Å². The SMILES string of the molecule is Cn1cnc(N)c1S(=O)(=O)N(CCO)CC(F)F. The fraction of sp³-hybridized carbons (Fsp3) is 0.625. The summed E-state index contributed by atoms with van der Waals surface area (Å²) < 4.78 is 50.5. The highest BCUT2D eigenvalue weighted by Crippen LogP contribution is 2.21. The molecule has 0 atom stereocenters. The molecule has 0 saturated carbocycles. The van der Waals surface area contributed by atoms with Crippen LogP contribution >= 0.6 is 0 Å². The van der Waals surface area contributed by atoms with E-state index in [9.17, 15) is 17.2 Å². The van der Waals surface area contributed by atoms with Crippen LogP contribution in [0.5, 0.6) is 0 Å². The molecule has 1 rings (SSSR count). The lowest BCUT2D eigenvalue weighted by Crippen LogP contribution is -2.38. The highest BCUT2D eigenvalue weighted by molar-refractivity contribution is 7.89. The number of nitrogen functional groups attached to an aromatic ring is 1.